The molecule has 0 aromatic carbocycles. The van der Waals surface area contributed by atoms with Gasteiger partial charge < -0.3 is 4.74 Å². The second-order valence-electron chi connectivity index (χ2n) is 5.75. The van der Waals surface area contributed by atoms with E-state index in [4.69, 9.17) is 4.74 Å². The summed E-state index contributed by atoms with van der Waals surface area (Å²) in [6, 6.07) is 1.20. The van der Waals surface area contributed by atoms with Crippen LogP contribution < -0.4 is 0 Å². The zero-order valence-electron chi connectivity index (χ0n) is 14.1. The zero-order valence-corrected chi connectivity index (χ0v) is 15.0. The van der Waals surface area contributed by atoms with Crippen LogP contribution in [0.5, 0.6) is 0 Å². The van der Waals surface area contributed by atoms with E-state index in [0.29, 0.717) is 24.7 Å². The summed E-state index contributed by atoms with van der Waals surface area (Å²) in [6.45, 7) is 15.3. The van der Waals surface area contributed by atoms with E-state index in [9.17, 15) is 4.79 Å². The van der Waals surface area contributed by atoms with Crippen molar-refractivity contribution in [3.63, 3.8) is 0 Å². The fourth-order valence-electron chi connectivity index (χ4n) is 2.71. The van der Waals surface area contributed by atoms with Crippen molar-refractivity contribution in [1.29, 1.82) is 0 Å². The number of carbonyl (C=O) groups is 1. The topological polar surface area (TPSA) is 32.5 Å². The summed E-state index contributed by atoms with van der Waals surface area (Å²) in [5.41, 5.74) is 1.50. The van der Waals surface area contributed by atoms with Crippen molar-refractivity contribution in [3.8, 4) is 11.2 Å². The highest BCUT2D eigenvalue weighted by molar-refractivity contribution is 8.04. The third-order valence-electron chi connectivity index (χ3n) is 3.70. The number of hydrogen-bond donors (Lipinski definition) is 0. The molecule has 0 fully saturated rings. The van der Waals surface area contributed by atoms with Crippen molar-refractivity contribution in [2.75, 3.05) is 6.61 Å². The maximum absolute atomic E-state index is 11.3. The molecule has 0 bridgehead atoms. The van der Waals surface area contributed by atoms with Crippen molar-refractivity contribution in [2.24, 2.45) is 0 Å². The Morgan fingerprint density at radius 1 is 1.43 bits per heavy atom. The van der Waals surface area contributed by atoms with Crippen molar-refractivity contribution in [2.45, 2.75) is 72.1 Å². The monoisotopic (exact) mass is 311 g/mol. The van der Waals surface area contributed by atoms with Crippen molar-refractivity contribution < 1.29 is 14.1 Å². The molecule has 2 atom stereocenters. The fraction of sp³-hybridized carbons (Fsp3) is 0.750. The minimum Gasteiger partial charge on any atom is -0.456 e. The summed E-state index contributed by atoms with van der Waals surface area (Å²) >= 11 is 1.49. The number of ether oxygens (including phenoxy) is 1. The minimum atomic E-state index is -0.455. The van der Waals surface area contributed by atoms with Crippen LogP contribution in [0, 0.1) is 11.2 Å². The molecule has 0 radical (unpaired) electrons. The smallest absolute Gasteiger partial charge is 0.385 e. The molecule has 0 aromatic rings. The Kier molecular flexibility index (Phi) is 6.76. The molecule has 0 saturated carbocycles. The van der Waals surface area contributed by atoms with Crippen molar-refractivity contribution in [1.82, 2.24) is 4.90 Å². The lowest BCUT2D eigenvalue weighted by Crippen LogP contribution is -2.44. The summed E-state index contributed by atoms with van der Waals surface area (Å²) in [7, 11) is 0. The predicted molar refractivity (Wildman–Crippen MR) is 88.3 cm³/mol. The van der Waals surface area contributed by atoms with Gasteiger partial charge in [0.1, 0.15) is 6.04 Å². The molecule has 0 saturated heterocycles. The van der Waals surface area contributed by atoms with E-state index in [0.717, 1.165) is 0 Å². The summed E-state index contributed by atoms with van der Waals surface area (Å²) in [5, 5.41) is 2.92. The number of nitrogens with zero attached hydrogens (tertiary/aromatic N) is 2. The van der Waals surface area contributed by atoms with Crippen molar-refractivity contribution in [3.05, 3.63) is 0 Å². The molecule has 1 aliphatic rings. The lowest BCUT2D eigenvalue weighted by molar-refractivity contribution is -0.581. The molecule has 1 aliphatic heterocycles. The van der Waals surface area contributed by atoms with Crippen LogP contribution in [0.3, 0.4) is 0 Å². The second kappa shape index (κ2) is 7.86. The number of esters is 1. The van der Waals surface area contributed by atoms with E-state index in [1.165, 1.54) is 17.5 Å². The highest BCUT2D eigenvalue weighted by atomic mass is 32.2. The predicted octanol–water partition coefficient (Wildman–Crippen LogP) is 2.52. The van der Waals surface area contributed by atoms with Gasteiger partial charge in [-0.15, -0.1) is 0 Å². The Hall–Kier alpha value is -0.990. The summed E-state index contributed by atoms with van der Waals surface area (Å²) in [4.78, 5) is 13.8. The van der Waals surface area contributed by atoms with Gasteiger partial charge in [0, 0.05) is 30.6 Å². The fourth-order valence-corrected chi connectivity index (χ4v) is 4.03. The summed E-state index contributed by atoms with van der Waals surface area (Å²) in [5.74, 6) is 2.09. The van der Waals surface area contributed by atoms with E-state index >= 15 is 0 Å². The van der Waals surface area contributed by atoms with Crippen LogP contribution in [-0.4, -0.2) is 51.4 Å². The van der Waals surface area contributed by atoms with Crippen LogP contribution in [0.15, 0.2) is 0 Å². The standard InChI is InChI=1S/C16H27N2O2S/c1-8-20-15(19)9-10-21-16-17(11(2)3)13(6)14(7)18(16)12(4)5/h11-13,16H,8H2,1-7H3/q+1. The normalized spacial score (nSPS) is 22.7. The molecule has 2 unspecified atom stereocenters. The molecule has 0 aromatic heterocycles. The van der Waals surface area contributed by atoms with Crippen LogP contribution in [0.4, 0.5) is 0 Å². The first-order valence-corrected chi connectivity index (χ1v) is 8.41. The maximum Gasteiger partial charge on any atom is 0.385 e. The number of rotatable bonds is 4. The number of hydrogen-bond acceptors (Lipinski definition) is 4. The van der Waals surface area contributed by atoms with E-state index < -0.39 is 5.97 Å². The van der Waals surface area contributed by atoms with Gasteiger partial charge in [0.2, 0.25) is 0 Å². The Labute approximate surface area is 132 Å². The van der Waals surface area contributed by atoms with E-state index in [1.807, 2.05) is 0 Å². The molecule has 0 aliphatic carbocycles. The third-order valence-corrected chi connectivity index (χ3v) is 4.60. The quantitative estimate of drug-likeness (QED) is 0.454. The Morgan fingerprint density at radius 2 is 2.05 bits per heavy atom. The first-order chi connectivity index (χ1) is 9.81. The molecule has 1 heterocycles. The Morgan fingerprint density at radius 3 is 2.52 bits per heavy atom. The second-order valence-corrected chi connectivity index (χ2v) is 6.61. The van der Waals surface area contributed by atoms with Gasteiger partial charge in [0.15, 0.2) is 5.71 Å². The average Bonchev–Trinajstić information content (AvgIpc) is 2.62. The first-order valence-electron chi connectivity index (χ1n) is 7.53. The first kappa shape index (κ1) is 18.1. The van der Waals surface area contributed by atoms with Gasteiger partial charge in [0.05, 0.1) is 12.6 Å². The van der Waals surface area contributed by atoms with Gasteiger partial charge in [-0.3, -0.25) is 0 Å². The summed E-state index contributed by atoms with van der Waals surface area (Å²) < 4.78 is 7.22. The van der Waals surface area contributed by atoms with E-state index in [2.05, 4.69) is 62.2 Å². The third kappa shape index (κ3) is 4.24. The highest BCUT2D eigenvalue weighted by Crippen LogP contribution is 2.29. The molecule has 21 heavy (non-hydrogen) atoms. The molecule has 0 amide bonds. The Balaban J connectivity index is 2.95. The van der Waals surface area contributed by atoms with Gasteiger partial charge in [-0.2, -0.15) is 0 Å². The van der Waals surface area contributed by atoms with Gasteiger partial charge in [-0.1, -0.05) is 0 Å². The van der Waals surface area contributed by atoms with Crippen LogP contribution >= 0.6 is 11.8 Å². The average molecular weight is 311 g/mol. The molecular weight excluding hydrogens is 284 g/mol. The summed E-state index contributed by atoms with van der Waals surface area (Å²) in [6.07, 6.45) is 0. The van der Waals surface area contributed by atoms with Crippen LogP contribution in [0.2, 0.25) is 0 Å². The Bertz CT molecular complexity index is 474. The molecular formula is C16H27N2O2S+. The molecule has 4 nitrogen and oxygen atoms in total. The zero-order chi connectivity index (χ0) is 16.2. The maximum atomic E-state index is 11.3. The number of carbonyl (C=O) groups excluding carboxylic acids is 1. The lowest BCUT2D eigenvalue weighted by Gasteiger charge is -2.27. The highest BCUT2D eigenvalue weighted by Gasteiger charge is 2.45. The van der Waals surface area contributed by atoms with Crippen LogP contribution in [-0.2, 0) is 9.53 Å². The van der Waals surface area contributed by atoms with E-state index in [-0.39, 0.29) is 5.50 Å². The molecule has 0 spiro atoms. The molecule has 118 valence electrons. The molecule has 1 rings (SSSR count). The molecule has 0 N–H and O–H groups in total. The minimum absolute atomic E-state index is 0.141. The van der Waals surface area contributed by atoms with Gasteiger partial charge >= 0.3 is 5.97 Å². The van der Waals surface area contributed by atoms with Gasteiger partial charge in [-0.05, 0) is 46.8 Å². The lowest BCUT2D eigenvalue weighted by atomic mass is 10.2. The molecule has 5 heteroatoms. The van der Waals surface area contributed by atoms with E-state index in [1.54, 1.807) is 6.92 Å². The SMILES string of the molecule is CCOC(=O)C#CSC1N(C(C)C)C(C)C(C)=[N+]1C(C)C. The van der Waals surface area contributed by atoms with Crippen molar-refractivity contribution >= 4 is 23.4 Å². The largest absolute Gasteiger partial charge is 0.456 e. The van der Waals surface area contributed by atoms with Crippen LogP contribution in [0.25, 0.3) is 0 Å². The number of thioether (sulfide) groups is 1. The van der Waals surface area contributed by atoms with Gasteiger partial charge in [-0.25, -0.2) is 14.3 Å². The van der Waals surface area contributed by atoms with Gasteiger partial charge in [0.25, 0.3) is 5.50 Å². The van der Waals surface area contributed by atoms with Crippen LogP contribution in [0.1, 0.15) is 48.5 Å².